The first-order valence-corrected chi connectivity index (χ1v) is 7.54. The first-order valence-electron chi connectivity index (χ1n) is 5.87. The van der Waals surface area contributed by atoms with Gasteiger partial charge in [-0.1, -0.05) is 22.0 Å². The Morgan fingerprint density at radius 3 is 3.10 bits per heavy atom. The molecule has 106 valence electrons. The lowest BCUT2D eigenvalue weighted by Crippen LogP contribution is -2.16. The van der Waals surface area contributed by atoms with Crippen molar-refractivity contribution in [3.63, 3.8) is 0 Å². The van der Waals surface area contributed by atoms with Crippen LogP contribution in [0.3, 0.4) is 0 Å². The average Bonchev–Trinajstić information content (AvgIpc) is 3.00. The van der Waals surface area contributed by atoms with Crippen molar-refractivity contribution in [2.45, 2.75) is 0 Å². The lowest BCUT2D eigenvalue weighted by atomic mass is 10.2. The molecule has 0 bridgehead atoms. The van der Waals surface area contributed by atoms with Gasteiger partial charge in [-0.05, 0) is 29.6 Å². The van der Waals surface area contributed by atoms with E-state index in [0.29, 0.717) is 16.2 Å². The molecule has 0 aliphatic heterocycles. The highest BCUT2D eigenvalue weighted by Crippen LogP contribution is 2.21. The lowest BCUT2D eigenvalue weighted by molar-refractivity contribution is 0.0959. The van der Waals surface area contributed by atoms with Crippen LogP contribution in [0, 0.1) is 11.3 Å². The van der Waals surface area contributed by atoms with E-state index in [9.17, 15) is 4.79 Å². The monoisotopic (exact) mass is 363 g/mol. The molecular formula is C14H10BrN3O2S. The Kier molecular flexibility index (Phi) is 5.49. The molecule has 5 nitrogen and oxygen atoms in total. The number of carbonyl (C=O) groups excluding carboxylic acids is 1. The number of benzene rings is 1. The van der Waals surface area contributed by atoms with Crippen LogP contribution in [0.25, 0.3) is 0 Å². The van der Waals surface area contributed by atoms with Crippen LogP contribution in [0.4, 0.5) is 0 Å². The molecule has 0 radical (unpaired) electrons. The molecule has 2 rings (SSSR count). The van der Waals surface area contributed by atoms with E-state index < -0.39 is 0 Å². The molecule has 2 aromatic rings. The van der Waals surface area contributed by atoms with Gasteiger partial charge < -0.3 is 4.74 Å². The number of hydrazone groups is 1. The van der Waals surface area contributed by atoms with E-state index in [0.717, 1.165) is 4.47 Å². The van der Waals surface area contributed by atoms with E-state index in [1.165, 1.54) is 17.6 Å². The van der Waals surface area contributed by atoms with Crippen molar-refractivity contribution in [1.82, 2.24) is 5.43 Å². The molecule has 1 amide bonds. The Bertz CT molecular complexity index is 693. The van der Waals surface area contributed by atoms with Crippen LogP contribution in [0.1, 0.15) is 15.2 Å². The van der Waals surface area contributed by atoms with Crippen molar-refractivity contribution in [3.05, 3.63) is 50.6 Å². The number of amides is 1. The zero-order valence-corrected chi connectivity index (χ0v) is 13.1. The van der Waals surface area contributed by atoms with E-state index in [1.54, 1.807) is 30.3 Å². The summed E-state index contributed by atoms with van der Waals surface area (Å²) in [6.07, 6.45) is 1.48. The maximum atomic E-state index is 11.7. The third-order valence-corrected chi connectivity index (χ3v) is 3.74. The lowest BCUT2D eigenvalue weighted by Gasteiger charge is -2.06. The highest BCUT2D eigenvalue weighted by Gasteiger charge is 2.05. The number of nitriles is 1. The minimum atomic E-state index is -0.268. The van der Waals surface area contributed by atoms with Gasteiger partial charge >= 0.3 is 0 Å². The van der Waals surface area contributed by atoms with Gasteiger partial charge in [0.2, 0.25) is 0 Å². The maximum Gasteiger partial charge on any atom is 0.281 e. The summed E-state index contributed by atoms with van der Waals surface area (Å²) in [5, 5.41) is 14.3. The highest BCUT2D eigenvalue weighted by molar-refractivity contribution is 9.10. The molecule has 21 heavy (non-hydrogen) atoms. The van der Waals surface area contributed by atoms with E-state index in [4.69, 9.17) is 10.00 Å². The first kappa shape index (κ1) is 15.2. The summed E-state index contributed by atoms with van der Waals surface area (Å²) in [7, 11) is 0. The molecule has 0 saturated heterocycles. The number of hydrogen-bond donors (Lipinski definition) is 1. The van der Waals surface area contributed by atoms with Crippen molar-refractivity contribution in [2.75, 3.05) is 6.61 Å². The van der Waals surface area contributed by atoms with Crippen molar-refractivity contribution < 1.29 is 9.53 Å². The molecule has 0 fully saturated rings. The maximum absolute atomic E-state index is 11.7. The van der Waals surface area contributed by atoms with Gasteiger partial charge in [0.25, 0.3) is 5.91 Å². The van der Waals surface area contributed by atoms with E-state index in [1.807, 2.05) is 11.4 Å². The van der Waals surface area contributed by atoms with Gasteiger partial charge in [0.05, 0.1) is 11.1 Å². The number of rotatable bonds is 5. The second-order valence-corrected chi connectivity index (χ2v) is 5.67. The minimum absolute atomic E-state index is 0.0516. The summed E-state index contributed by atoms with van der Waals surface area (Å²) in [6.45, 7) is -0.0516. The fourth-order valence-corrected chi connectivity index (χ4v) is 2.48. The minimum Gasteiger partial charge on any atom is -0.478 e. The van der Waals surface area contributed by atoms with Gasteiger partial charge in [0, 0.05) is 10.0 Å². The molecule has 1 N–H and O–H groups in total. The third-order valence-electron chi connectivity index (χ3n) is 2.38. The van der Waals surface area contributed by atoms with Crippen molar-refractivity contribution in [2.24, 2.45) is 5.10 Å². The topological polar surface area (TPSA) is 74.5 Å². The summed E-state index contributed by atoms with van der Waals surface area (Å²) in [5.74, 6) is 0.254. The smallest absolute Gasteiger partial charge is 0.281 e. The van der Waals surface area contributed by atoms with Crippen molar-refractivity contribution >= 4 is 39.4 Å². The van der Waals surface area contributed by atoms with Gasteiger partial charge in [-0.2, -0.15) is 10.4 Å². The van der Waals surface area contributed by atoms with Gasteiger partial charge in [-0.3, -0.25) is 4.79 Å². The van der Waals surface area contributed by atoms with Crippen LogP contribution in [0.5, 0.6) is 5.75 Å². The summed E-state index contributed by atoms with van der Waals surface area (Å²) < 4.78 is 6.13. The Morgan fingerprint density at radius 1 is 1.52 bits per heavy atom. The molecule has 0 aliphatic carbocycles. The molecule has 0 unspecified atom stereocenters. The molecule has 0 saturated carbocycles. The number of ether oxygens (including phenoxy) is 1. The van der Waals surface area contributed by atoms with Gasteiger partial charge in [-0.25, -0.2) is 5.43 Å². The predicted octanol–water partition coefficient (Wildman–Crippen LogP) is 3.18. The molecule has 0 atom stereocenters. The molecular weight excluding hydrogens is 354 g/mol. The van der Waals surface area contributed by atoms with Crippen molar-refractivity contribution in [1.29, 1.82) is 5.26 Å². The van der Waals surface area contributed by atoms with Crippen LogP contribution < -0.4 is 10.2 Å². The quantitative estimate of drug-likeness (QED) is 0.654. The van der Waals surface area contributed by atoms with Gasteiger partial charge in [0.1, 0.15) is 11.8 Å². The number of hydrogen-bond acceptors (Lipinski definition) is 5. The summed E-state index contributed by atoms with van der Waals surface area (Å²) >= 11 is 4.69. The zero-order chi connectivity index (χ0) is 15.1. The molecule has 1 heterocycles. The zero-order valence-electron chi connectivity index (χ0n) is 10.7. The Labute approximate surface area is 134 Å². The number of nitrogens with one attached hydrogen (secondary N) is 1. The van der Waals surface area contributed by atoms with Gasteiger partial charge in [-0.15, -0.1) is 11.3 Å². The normalized spacial score (nSPS) is 10.3. The molecule has 7 heteroatoms. The molecule has 0 spiro atoms. The number of nitrogens with zero attached hydrogens (tertiary/aromatic N) is 2. The standard InChI is InChI=1S/C14H10BrN3O2S/c15-11-3-4-12(20-6-5-16)10(8-11)9-17-18-14(19)13-2-1-7-21-13/h1-4,7-9H,6H2,(H,18,19). The Balaban J connectivity index is 2.07. The van der Waals surface area contributed by atoms with Crippen LogP contribution in [-0.4, -0.2) is 18.7 Å². The second kappa shape index (κ2) is 7.57. The van der Waals surface area contributed by atoms with E-state index in [-0.39, 0.29) is 12.5 Å². The van der Waals surface area contributed by atoms with Crippen LogP contribution in [0.15, 0.2) is 45.3 Å². The van der Waals surface area contributed by atoms with Gasteiger partial charge in [0.15, 0.2) is 6.61 Å². The fourth-order valence-electron chi connectivity index (χ4n) is 1.48. The third kappa shape index (κ3) is 4.41. The SMILES string of the molecule is N#CCOc1ccc(Br)cc1C=NNC(=O)c1cccs1. The Morgan fingerprint density at radius 2 is 2.38 bits per heavy atom. The van der Waals surface area contributed by atoms with Crippen LogP contribution >= 0.6 is 27.3 Å². The molecule has 1 aromatic heterocycles. The van der Waals surface area contributed by atoms with Crippen LogP contribution in [-0.2, 0) is 0 Å². The van der Waals surface area contributed by atoms with Crippen molar-refractivity contribution in [3.8, 4) is 11.8 Å². The number of halogens is 1. The molecule has 1 aromatic carbocycles. The Hall–Kier alpha value is -2.17. The largest absolute Gasteiger partial charge is 0.478 e. The average molecular weight is 364 g/mol. The summed E-state index contributed by atoms with van der Waals surface area (Å²) in [5.41, 5.74) is 3.10. The fraction of sp³-hybridized carbons (Fsp3) is 0.0714. The summed E-state index contributed by atoms with van der Waals surface area (Å²) in [4.78, 5) is 12.3. The van der Waals surface area contributed by atoms with E-state index >= 15 is 0 Å². The predicted molar refractivity (Wildman–Crippen MR) is 84.6 cm³/mol. The van der Waals surface area contributed by atoms with E-state index in [2.05, 4.69) is 26.5 Å². The highest BCUT2D eigenvalue weighted by atomic mass is 79.9. The first-order chi connectivity index (χ1) is 10.2. The summed E-state index contributed by atoms with van der Waals surface area (Å²) in [6, 6.07) is 10.7. The van der Waals surface area contributed by atoms with Crippen LogP contribution in [0.2, 0.25) is 0 Å². The molecule has 0 aliphatic rings. The number of thiophene rings is 1. The number of carbonyl (C=O) groups is 1. The second-order valence-electron chi connectivity index (χ2n) is 3.81.